The maximum atomic E-state index is 14.2. The van der Waals surface area contributed by atoms with Crippen LogP contribution in [0.25, 0.3) is 0 Å². The Balaban J connectivity index is 1.92. The molecule has 5 nitrogen and oxygen atoms in total. The molecule has 6 heteroatoms. The van der Waals surface area contributed by atoms with Gasteiger partial charge in [-0.05, 0) is 57.7 Å². The minimum atomic E-state index is -0.361. The average molecular weight is 323 g/mol. The summed E-state index contributed by atoms with van der Waals surface area (Å²) in [6.45, 7) is 3.97. The zero-order valence-electron chi connectivity index (χ0n) is 14.0. The smallest absolute Gasteiger partial charge is 0.319 e. The number of aliphatic hydroxyl groups is 1. The van der Waals surface area contributed by atoms with Crippen molar-refractivity contribution in [1.29, 1.82) is 0 Å². The molecule has 0 unspecified atom stereocenters. The first-order chi connectivity index (χ1) is 10.9. The molecule has 0 bridgehead atoms. The predicted octanol–water partition coefficient (Wildman–Crippen LogP) is 3.10. The number of rotatable bonds is 4. The number of hydrogen-bond donors (Lipinski definition) is 3. The van der Waals surface area contributed by atoms with Crippen LogP contribution in [0.5, 0.6) is 0 Å². The second-order valence-electron chi connectivity index (χ2n) is 6.47. The van der Waals surface area contributed by atoms with Gasteiger partial charge in [-0.15, -0.1) is 0 Å². The van der Waals surface area contributed by atoms with Crippen LogP contribution in [0.3, 0.4) is 0 Å². The van der Waals surface area contributed by atoms with Gasteiger partial charge in [0.1, 0.15) is 5.82 Å². The minimum Gasteiger partial charge on any atom is -0.393 e. The van der Waals surface area contributed by atoms with Crippen molar-refractivity contribution in [3.63, 3.8) is 0 Å². The quantitative estimate of drug-likeness (QED) is 0.798. The number of halogens is 1. The van der Waals surface area contributed by atoms with E-state index in [2.05, 4.69) is 10.6 Å². The van der Waals surface area contributed by atoms with Crippen molar-refractivity contribution in [2.75, 3.05) is 17.3 Å². The van der Waals surface area contributed by atoms with Crippen molar-refractivity contribution in [2.24, 2.45) is 0 Å². The number of nitrogens with one attached hydrogen (secondary N) is 2. The molecule has 1 aromatic rings. The van der Waals surface area contributed by atoms with Crippen molar-refractivity contribution in [3.05, 3.63) is 24.0 Å². The highest BCUT2D eigenvalue weighted by molar-refractivity contribution is 5.89. The van der Waals surface area contributed by atoms with E-state index >= 15 is 0 Å². The standard InChI is InChI=1S/C17H26FN3O2/c1-11(2)21(3)16-9-6-13(10-15(16)18)20-17(23)19-12-4-7-14(22)8-5-12/h6,9-12,14,22H,4-5,7-8H2,1-3H3,(H2,19,20,23). The van der Waals surface area contributed by atoms with E-state index in [-0.39, 0.29) is 30.0 Å². The molecule has 0 aromatic heterocycles. The van der Waals surface area contributed by atoms with Crippen LogP contribution in [0.2, 0.25) is 0 Å². The molecule has 0 saturated heterocycles. The van der Waals surface area contributed by atoms with E-state index in [0.717, 1.165) is 12.8 Å². The van der Waals surface area contributed by atoms with Crippen LogP contribution in [-0.4, -0.2) is 36.4 Å². The van der Waals surface area contributed by atoms with Gasteiger partial charge in [0.2, 0.25) is 0 Å². The summed E-state index contributed by atoms with van der Waals surface area (Å²) in [6, 6.07) is 4.61. The highest BCUT2D eigenvalue weighted by atomic mass is 19.1. The van der Waals surface area contributed by atoms with Gasteiger partial charge in [-0.1, -0.05) is 0 Å². The fourth-order valence-electron chi connectivity index (χ4n) is 2.72. The Morgan fingerprint density at radius 1 is 1.30 bits per heavy atom. The lowest BCUT2D eigenvalue weighted by molar-refractivity contribution is 0.118. The molecular weight excluding hydrogens is 297 g/mol. The van der Waals surface area contributed by atoms with Gasteiger partial charge < -0.3 is 20.6 Å². The summed E-state index contributed by atoms with van der Waals surface area (Å²) in [5, 5.41) is 15.0. The lowest BCUT2D eigenvalue weighted by Crippen LogP contribution is -2.40. The summed E-state index contributed by atoms with van der Waals surface area (Å²) >= 11 is 0. The fraction of sp³-hybridized carbons (Fsp3) is 0.588. The van der Waals surface area contributed by atoms with E-state index in [1.54, 1.807) is 12.1 Å². The molecule has 0 aliphatic heterocycles. The Morgan fingerprint density at radius 2 is 1.96 bits per heavy atom. The van der Waals surface area contributed by atoms with Crippen LogP contribution < -0.4 is 15.5 Å². The first-order valence-corrected chi connectivity index (χ1v) is 8.14. The second kappa shape index (κ2) is 7.64. The van der Waals surface area contributed by atoms with E-state index in [1.807, 2.05) is 25.8 Å². The Kier molecular flexibility index (Phi) is 5.82. The number of benzene rings is 1. The summed E-state index contributed by atoms with van der Waals surface area (Å²) in [6.07, 6.45) is 2.68. The maximum Gasteiger partial charge on any atom is 0.319 e. The summed E-state index contributed by atoms with van der Waals surface area (Å²) in [5.41, 5.74) is 0.934. The normalized spacial score (nSPS) is 21.1. The van der Waals surface area contributed by atoms with Gasteiger partial charge in [0.25, 0.3) is 0 Å². The van der Waals surface area contributed by atoms with E-state index in [9.17, 15) is 14.3 Å². The van der Waals surface area contributed by atoms with Gasteiger partial charge in [0.15, 0.2) is 0 Å². The zero-order valence-corrected chi connectivity index (χ0v) is 14.0. The number of amides is 2. The average Bonchev–Trinajstić information content (AvgIpc) is 2.49. The monoisotopic (exact) mass is 323 g/mol. The molecule has 1 aliphatic carbocycles. The molecule has 1 aromatic carbocycles. The molecule has 2 rings (SSSR count). The molecular formula is C17H26FN3O2. The number of hydrogen-bond acceptors (Lipinski definition) is 3. The number of nitrogens with zero attached hydrogens (tertiary/aromatic N) is 1. The number of aliphatic hydroxyl groups excluding tert-OH is 1. The summed E-state index contributed by atoms with van der Waals surface area (Å²) in [5.74, 6) is -0.361. The molecule has 0 radical (unpaired) electrons. The molecule has 0 atom stereocenters. The van der Waals surface area contributed by atoms with E-state index in [4.69, 9.17) is 0 Å². The second-order valence-corrected chi connectivity index (χ2v) is 6.47. The molecule has 128 valence electrons. The lowest BCUT2D eigenvalue weighted by atomic mass is 9.93. The Morgan fingerprint density at radius 3 is 2.52 bits per heavy atom. The third-order valence-electron chi connectivity index (χ3n) is 4.39. The molecule has 0 spiro atoms. The van der Waals surface area contributed by atoms with Crippen molar-refractivity contribution in [1.82, 2.24) is 5.32 Å². The van der Waals surface area contributed by atoms with E-state index < -0.39 is 0 Å². The third kappa shape index (κ3) is 4.82. The van der Waals surface area contributed by atoms with Gasteiger partial charge in [-0.25, -0.2) is 9.18 Å². The number of carbonyl (C=O) groups excluding carboxylic acids is 1. The van der Waals surface area contributed by atoms with Crippen LogP contribution in [0.4, 0.5) is 20.6 Å². The molecule has 23 heavy (non-hydrogen) atoms. The fourth-order valence-corrected chi connectivity index (χ4v) is 2.72. The predicted molar refractivity (Wildman–Crippen MR) is 90.4 cm³/mol. The first kappa shape index (κ1) is 17.5. The number of anilines is 2. The van der Waals surface area contributed by atoms with Gasteiger partial charge in [0.05, 0.1) is 11.8 Å². The van der Waals surface area contributed by atoms with Crippen molar-refractivity contribution >= 4 is 17.4 Å². The van der Waals surface area contributed by atoms with Gasteiger partial charge >= 0.3 is 6.03 Å². The van der Waals surface area contributed by atoms with Crippen LogP contribution >= 0.6 is 0 Å². The van der Waals surface area contributed by atoms with Crippen LogP contribution in [0.15, 0.2) is 18.2 Å². The lowest BCUT2D eigenvalue weighted by Gasteiger charge is -2.26. The topological polar surface area (TPSA) is 64.6 Å². The zero-order chi connectivity index (χ0) is 17.0. The van der Waals surface area contributed by atoms with E-state index in [0.29, 0.717) is 24.2 Å². The molecule has 1 aliphatic rings. The largest absolute Gasteiger partial charge is 0.393 e. The highest BCUT2D eigenvalue weighted by Crippen LogP contribution is 2.23. The highest BCUT2D eigenvalue weighted by Gasteiger charge is 2.21. The molecule has 3 N–H and O–H groups in total. The van der Waals surface area contributed by atoms with Gasteiger partial charge in [-0.2, -0.15) is 0 Å². The third-order valence-corrected chi connectivity index (χ3v) is 4.39. The summed E-state index contributed by atoms with van der Waals surface area (Å²) < 4.78 is 14.2. The summed E-state index contributed by atoms with van der Waals surface area (Å²) in [7, 11) is 1.83. The Hall–Kier alpha value is -1.82. The Labute approximate surface area is 136 Å². The number of carbonyl (C=O) groups is 1. The Bertz CT molecular complexity index is 543. The molecule has 1 fully saturated rings. The minimum absolute atomic E-state index is 0.0644. The number of urea groups is 1. The molecule has 1 saturated carbocycles. The SMILES string of the molecule is CC(C)N(C)c1ccc(NC(=O)NC2CCC(O)CC2)cc1F. The van der Waals surface area contributed by atoms with E-state index in [1.165, 1.54) is 6.07 Å². The maximum absolute atomic E-state index is 14.2. The molecule has 0 heterocycles. The van der Waals surface area contributed by atoms with Crippen molar-refractivity contribution < 1.29 is 14.3 Å². The van der Waals surface area contributed by atoms with Gasteiger partial charge in [0, 0.05) is 24.8 Å². The molecule has 2 amide bonds. The van der Waals surface area contributed by atoms with Crippen LogP contribution in [-0.2, 0) is 0 Å². The van der Waals surface area contributed by atoms with Gasteiger partial charge in [-0.3, -0.25) is 0 Å². The van der Waals surface area contributed by atoms with Crippen molar-refractivity contribution in [2.45, 2.75) is 57.7 Å². The van der Waals surface area contributed by atoms with Crippen LogP contribution in [0, 0.1) is 5.82 Å². The van der Waals surface area contributed by atoms with Crippen molar-refractivity contribution in [3.8, 4) is 0 Å². The summed E-state index contributed by atoms with van der Waals surface area (Å²) in [4.78, 5) is 13.8. The van der Waals surface area contributed by atoms with Crippen LogP contribution in [0.1, 0.15) is 39.5 Å². The first-order valence-electron chi connectivity index (χ1n) is 8.14.